The Kier molecular flexibility index (Phi) is 8.72. The van der Waals surface area contributed by atoms with Crippen molar-refractivity contribution < 1.29 is 14.4 Å². The summed E-state index contributed by atoms with van der Waals surface area (Å²) in [5.74, 6) is 0.325. The van der Waals surface area contributed by atoms with Crippen molar-refractivity contribution in [1.29, 1.82) is 0 Å². The molecule has 8 heteroatoms. The molecular formula is C23H41N5O3. The van der Waals surface area contributed by atoms with Gasteiger partial charge in [0.1, 0.15) is 6.04 Å². The zero-order valence-electron chi connectivity index (χ0n) is 19.6. The Balaban J connectivity index is 1.39. The fourth-order valence-electron chi connectivity index (χ4n) is 5.33. The first kappa shape index (κ1) is 24.0. The van der Waals surface area contributed by atoms with Crippen LogP contribution in [0.3, 0.4) is 0 Å². The Morgan fingerprint density at radius 3 is 2.29 bits per heavy atom. The maximum Gasteiger partial charge on any atom is 0.245 e. The molecule has 3 aliphatic heterocycles. The van der Waals surface area contributed by atoms with E-state index in [9.17, 15) is 14.4 Å². The number of nitrogens with zero attached hydrogens (tertiary/aromatic N) is 4. The Labute approximate surface area is 187 Å². The van der Waals surface area contributed by atoms with Gasteiger partial charge >= 0.3 is 0 Å². The molecule has 3 aliphatic rings. The normalized spacial score (nSPS) is 24.4. The standard InChI is InChI=1S/C23H41N5O3/c1-18(29)24-17-22(30)28-11-4-5-21(28)23(31)26(3)14-6-19-7-15-27(16-8-19)20-9-12-25(2)13-10-20/h19-21H,4-17H2,1-3H3,(H,24,29). The molecule has 3 rings (SSSR count). The quantitative estimate of drug-likeness (QED) is 0.639. The van der Waals surface area contributed by atoms with Crippen LogP contribution in [-0.4, -0.2) is 109 Å². The summed E-state index contributed by atoms with van der Waals surface area (Å²) in [6.45, 7) is 7.51. The van der Waals surface area contributed by atoms with E-state index in [1.807, 2.05) is 11.9 Å². The van der Waals surface area contributed by atoms with Gasteiger partial charge in [-0.25, -0.2) is 0 Å². The summed E-state index contributed by atoms with van der Waals surface area (Å²) >= 11 is 0. The number of piperidine rings is 2. The Morgan fingerprint density at radius 1 is 0.968 bits per heavy atom. The minimum atomic E-state index is -0.377. The molecule has 1 unspecified atom stereocenters. The van der Waals surface area contributed by atoms with E-state index in [2.05, 4.69) is 22.2 Å². The number of amides is 3. The predicted octanol–water partition coefficient (Wildman–Crippen LogP) is 0.768. The molecule has 0 aliphatic carbocycles. The largest absolute Gasteiger partial charge is 0.347 e. The molecule has 3 fully saturated rings. The maximum atomic E-state index is 13.0. The average Bonchev–Trinajstić information content (AvgIpc) is 3.26. The molecule has 0 radical (unpaired) electrons. The number of nitrogens with one attached hydrogen (secondary N) is 1. The lowest BCUT2D eigenvalue weighted by Crippen LogP contribution is -2.49. The fourth-order valence-corrected chi connectivity index (χ4v) is 5.33. The van der Waals surface area contributed by atoms with Crippen LogP contribution in [0.15, 0.2) is 0 Å². The first-order valence-electron chi connectivity index (χ1n) is 12.1. The highest BCUT2D eigenvalue weighted by Gasteiger charge is 2.35. The zero-order valence-corrected chi connectivity index (χ0v) is 19.6. The smallest absolute Gasteiger partial charge is 0.245 e. The van der Waals surface area contributed by atoms with E-state index in [-0.39, 0.29) is 30.3 Å². The second kappa shape index (κ2) is 11.3. The number of hydrogen-bond acceptors (Lipinski definition) is 5. The lowest BCUT2D eigenvalue weighted by molar-refractivity contribution is -0.143. The van der Waals surface area contributed by atoms with E-state index in [0.717, 1.165) is 25.4 Å². The molecule has 0 aromatic heterocycles. The third-order valence-corrected chi connectivity index (χ3v) is 7.45. The molecule has 1 atom stereocenters. The van der Waals surface area contributed by atoms with Crippen LogP contribution in [0.2, 0.25) is 0 Å². The summed E-state index contributed by atoms with van der Waals surface area (Å²) < 4.78 is 0. The van der Waals surface area contributed by atoms with Crippen molar-refractivity contribution >= 4 is 17.7 Å². The van der Waals surface area contributed by atoms with E-state index >= 15 is 0 Å². The van der Waals surface area contributed by atoms with Crippen LogP contribution in [0.25, 0.3) is 0 Å². The molecule has 0 bridgehead atoms. The highest BCUT2D eigenvalue weighted by molar-refractivity contribution is 5.90. The van der Waals surface area contributed by atoms with Crippen molar-refractivity contribution in [3.8, 4) is 0 Å². The second-order valence-electron chi connectivity index (χ2n) is 9.72. The van der Waals surface area contributed by atoms with Crippen LogP contribution in [0.1, 0.15) is 51.9 Å². The third-order valence-electron chi connectivity index (χ3n) is 7.45. The molecule has 1 N–H and O–H groups in total. The van der Waals surface area contributed by atoms with Crippen molar-refractivity contribution in [2.24, 2.45) is 5.92 Å². The first-order chi connectivity index (χ1) is 14.8. The summed E-state index contributed by atoms with van der Waals surface area (Å²) in [6.07, 6.45) is 7.61. The topological polar surface area (TPSA) is 76.2 Å². The predicted molar refractivity (Wildman–Crippen MR) is 120 cm³/mol. The number of rotatable bonds is 7. The van der Waals surface area contributed by atoms with Gasteiger partial charge < -0.3 is 24.9 Å². The van der Waals surface area contributed by atoms with Crippen molar-refractivity contribution in [2.45, 2.75) is 64.0 Å². The molecule has 0 aromatic rings. The van der Waals surface area contributed by atoms with Gasteiger partial charge in [0.05, 0.1) is 6.54 Å². The molecule has 3 amide bonds. The van der Waals surface area contributed by atoms with Crippen molar-refractivity contribution in [3.63, 3.8) is 0 Å². The summed E-state index contributed by atoms with van der Waals surface area (Å²) in [4.78, 5) is 45.1. The van der Waals surface area contributed by atoms with E-state index < -0.39 is 0 Å². The zero-order chi connectivity index (χ0) is 22.4. The van der Waals surface area contributed by atoms with Crippen LogP contribution >= 0.6 is 0 Å². The Bertz CT molecular complexity index is 627. The van der Waals surface area contributed by atoms with Gasteiger partial charge in [0.25, 0.3) is 0 Å². The molecule has 0 spiro atoms. The average molecular weight is 436 g/mol. The highest BCUT2D eigenvalue weighted by atomic mass is 16.2. The SMILES string of the molecule is CC(=O)NCC(=O)N1CCCC1C(=O)N(C)CCC1CCN(C2CCN(C)CC2)CC1. The minimum Gasteiger partial charge on any atom is -0.347 e. The summed E-state index contributed by atoms with van der Waals surface area (Å²) in [5.41, 5.74) is 0. The van der Waals surface area contributed by atoms with Crippen LogP contribution in [-0.2, 0) is 14.4 Å². The lowest BCUT2D eigenvalue weighted by Gasteiger charge is -2.41. The molecule has 8 nitrogen and oxygen atoms in total. The van der Waals surface area contributed by atoms with E-state index in [0.29, 0.717) is 18.9 Å². The number of likely N-dealkylation sites (N-methyl/N-ethyl adjacent to an activating group) is 1. The Hall–Kier alpha value is -1.67. The van der Waals surface area contributed by atoms with Gasteiger partial charge in [-0.15, -0.1) is 0 Å². The highest BCUT2D eigenvalue weighted by Crippen LogP contribution is 2.26. The van der Waals surface area contributed by atoms with Crippen molar-refractivity contribution in [3.05, 3.63) is 0 Å². The van der Waals surface area contributed by atoms with Gasteiger partial charge in [-0.05, 0) is 84.1 Å². The number of hydrogen-bond donors (Lipinski definition) is 1. The number of carbonyl (C=O) groups excluding carboxylic acids is 3. The molecule has 3 heterocycles. The summed E-state index contributed by atoms with van der Waals surface area (Å²) in [6, 6.07) is 0.377. The maximum absolute atomic E-state index is 13.0. The van der Waals surface area contributed by atoms with E-state index in [4.69, 9.17) is 0 Å². The van der Waals surface area contributed by atoms with E-state index in [1.54, 1.807) is 4.90 Å². The molecular weight excluding hydrogens is 394 g/mol. The molecule has 0 saturated carbocycles. The molecule has 3 saturated heterocycles. The molecule has 31 heavy (non-hydrogen) atoms. The second-order valence-corrected chi connectivity index (χ2v) is 9.72. The molecule has 0 aromatic carbocycles. The first-order valence-corrected chi connectivity index (χ1v) is 12.1. The lowest BCUT2D eigenvalue weighted by atomic mass is 9.91. The van der Waals surface area contributed by atoms with Gasteiger partial charge in [-0.3, -0.25) is 14.4 Å². The number of likely N-dealkylation sites (tertiary alicyclic amines) is 3. The Morgan fingerprint density at radius 2 is 1.65 bits per heavy atom. The van der Waals surface area contributed by atoms with Gasteiger partial charge in [-0.2, -0.15) is 0 Å². The summed E-state index contributed by atoms with van der Waals surface area (Å²) in [5, 5.41) is 2.55. The van der Waals surface area contributed by atoms with Crippen LogP contribution in [0, 0.1) is 5.92 Å². The number of carbonyl (C=O) groups is 3. The summed E-state index contributed by atoms with van der Waals surface area (Å²) in [7, 11) is 4.08. The monoisotopic (exact) mass is 435 g/mol. The minimum absolute atomic E-state index is 0.0291. The van der Waals surface area contributed by atoms with Crippen LogP contribution in [0.4, 0.5) is 0 Å². The van der Waals surface area contributed by atoms with Crippen LogP contribution in [0.5, 0.6) is 0 Å². The molecule has 176 valence electrons. The van der Waals surface area contributed by atoms with Gasteiger partial charge in [0.2, 0.25) is 17.7 Å². The van der Waals surface area contributed by atoms with Crippen molar-refractivity contribution in [1.82, 2.24) is 24.9 Å². The fraction of sp³-hybridized carbons (Fsp3) is 0.870. The third kappa shape index (κ3) is 6.65. The van der Waals surface area contributed by atoms with Gasteiger partial charge in [0.15, 0.2) is 0 Å². The van der Waals surface area contributed by atoms with Gasteiger partial charge in [-0.1, -0.05) is 0 Å². The van der Waals surface area contributed by atoms with Crippen LogP contribution < -0.4 is 5.32 Å². The van der Waals surface area contributed by atoms with E-state index in [1.165, 1.54) is 58.8 Å². The van der Waals surface area contributed by atoms with Crippen molar-refractivity contribution in [2.75, 3.05) is 59.9 Å². The van der Waals surface area contributed by atoms with Gasteiger partial charge in [0, 0.05) is 33.1 Å².